The molecule has 0 radical (unpaired) electrons. The molecule has 38 heavy (non-hydrogen) atoms. The van der Waals surface area contributed by atoms with Gasteiger partial charge in [0.2, 0.25) is 0 Å². The van der Waals surface area contributed by atoms with E-state index in [4.69, 9.17) is 0 Å². The first-order chi connectivity index (χ1) is 18.8. The van der Waals surface area contributed by atoms with E-state index in [9.17, 15) is 0 Å². The van der Waals surface area contributed by atoms with Crippen LogP contribution in [0.3, 0.4) is 0 Å². The van der Waals surface area contributed by atoms with Crippen molar-refractivity contribution in [3.8, 4) is 0 Å². The Labute approximate surface area is 241 Å². The van der Waals surface area contributed by atoms with Crippen LogP contribution in [-0.2, 0) is 0 Å². The second-order valence-corrected chi connectivity index (χ2v) is 12.5. The predicted molar refractivity (Wildman–Crippen MR) is 173 cm³/mol. The zero-order valence-corrected chi connectivity index (χ0v) is 26.8. The Morgan fingerprint density at radius 2 is 0.605 bits per heavy atom. The van der Waals surface area contributed by atoms with Gasteiger partial charge in [-0.05, 0) is 25.7 Å². The Kier molecular flexibility index (Phi) is 26.0. The Bertz CT molecular complexity index is 454. The molecule has 2 heteroatoms. The minimum Gasteiger partial charge on any atom is -0.356 e. The summed E-state index contributed by atoms with van der Waals surface area (Å²) in [4.78, 5) is 5.41. The van der Waals surface area contributed by atoms with Gasteiger partial charge >= 0.3 is 0 Å². The van der Waals surface area contributed by atoms with E-state index >= 15 is 0 Å². The van der Waals surface area contributed by atoms with Crippen LogP contribution >= 0.6 is 0 Å². The van der Waals surface area contributed by atoms with Gasteiger partial charge in [0.25, 0.3) is 0 Å². The fraction of sp³-hybridized carbons (Fsp3) is 0.944. The molecule has 0 aromatic carbocycles. The second kappa shape index (κ2) is 27.9. The monoisotopic (exact) mass is 533 g/mol. The first-order valence-electron chi connectivity index (χ1n) is 18.0. The van der Waals surface area contributed by atoms with Crippen LogP contribution in [-0.4, -0.2) is 29.1 Å². The van der Waals surface area contributed by atoms with E-state index < -0.39 is 0 Å². The molecule has 0 amide bonds. The maximum absolute atomic E-state index is 2.71. The van der Waals surface area contributed by atoms with Gasteiger partial charge in [-0.1, -0.05) is 175 Å². The van der Waals surface area contributed by atoms with Gasteiger partial charge in [0.05, 0.1) is 0 Å². The molecule has 0 atom stereocenters. The lowest BCUT2D eigenvalue weighted by Gasteiger charge is -2.33. The third-order valence-corrected chi connectivity index (χ3v) is 8.82. The molecule has 0 N–H and O–H groups in total. The van der Waals surface area contributed by atoms with Crippen LogP contribution in [0.2, 0.25) is 0 Å². The Morgan fingerprint density at radius 1 is 0.342 bits per heavy atom. The summed E-state index contributed by atoms with van der Waals surface area (Å²) in [7, 11) is 0. The summed E-state index contributed by atoms with van der Waals surface area (Å²) in [6.07, 6.45) is 45.4. The average molecular weight is 533 g/mol. The largest absolute Gasteiger partial charge is 0.356 e. The van der Waals surface area contributed by atoms with Crippen LogP contribution in [0.5, 0.6) is 0 Å². The first kappa shape index (κ1) is 35.4. The van der Waals surface area contributed by atoms with Crippen molar-refractivity contribution in [1.82, 2.24) is 9.80 Å². The van der Waals surface area contributed by atoms with Gasteiger partial charge in [-0.15, -0.1) is 0 Å². The molecule has 0 bridgehead atoms. The predicted octanol–water partition coefficient (Wildman–Crippen LogP) is 12.4. The average Bonchev–Trinajstić information content (AvgIpc) is 3.31. The van der Waals surface area contributed by atoms with Crippen LogP contribution < -0.4 is 0 Å². The number of unbranched alkanes of at least 4 members (excludes halogenated alkanes) is 24. The first-order valence-corrected chi connectivity index (χ1v) is 18.0. The van der Waals surface area contributed by atoms with Gasteiger partial charge in [-0.2, -0.15) is 0 Å². The molecule has 226 valence electrons. The summed E-state index contributed by atoms with van der Waals surface area (Å²) >= 11 is 0. The second-order valence-electron chi connectivity index (χ2n) is 12.5. The zero-order chi connectivity index (χ0) is 27.4. The van der Waals surface area contributed by atoms with Crippen molar-refractivity contribution < 1.29 is 0 Å². The van der Waals surface area contributed by atoms with E-state index in [0.717, 1.165) is 0 Å². The van der Waals surface area contributed by atoms with Crippen molar-refractivity contribution in [3.05, 3.63) is 12.4 Å². The standard InChI is InChI=1S/C36H72N2/c1-4-7-10-13-16-18-20-23-26-29-32-37-34-35-38(36(37)31-28-25-22-15-12-9-6-3)33-30-27-24-21-19-17-14-11-8-5-2/h34-36H,4-33H2,1-3H3. The highest BCUT2D eigenvalue weighted by atomic mass is 15.4. The van der Waals surface area contributed by atoms with Gasteiger partial charge in [0.15, 0.2) is 0 Å². The number of rotatable bonds is 30. The van der Waals surface area contributed by atoms with Crippen molar-refractivity contribution in [1.29, 1.82) is 0 Å². The van der Waals surface area contributed by atoms with E-state index in [1.807, 2.05) is 0 Å². The molecule has 1 aliphatic heterocycles. The highest BCUT2D eigenvalue weighted by Gasteiger charge is 2.24. The van der Waals surface area contributed by atoms with Crippen LogP contribution in [0.4, 0.5) is 0 Å². The molecular formula is C36H72N2. The lowest BCUT2D eigenvalue weighted by molar-refractivity contribution is 0.135. The molecule has 1 rings (SSSR count). The minimum absolute atomic E-state index is 0.641. The van der Waals surface area contributed by atoms with Crippen molar-refractivity contribution in [2.75, 3.05) is 13.1 Å². The Morgan fingerprint density at radius 3 is 0.921 bits per heavy atom. The highest BCUT2D eigenvalue weighted by molar-refractivity contribution is 4.97. The van der Waals surface area contributed by atoms with Gasteiger partial charge < -0.3 is 9.80 Å². The Hall–Kier alpha value is -0.660. The van der Waals surface area contributed by atoms with E-state index in [1.54, 1.807) is 0 Å². The van der Waals surface area contributed by atoms with Crippen LogP contribution in [0.25, 0.3) is 0 Å². The zero-order valence-electron chi connectivity index (χ0n) is 26.8. The molecule has 0 saturated carbocycles. The summed E-state index contributed by atoms with van der Waals surface area (Å²) in [5.41, 5.74) is 0. The topological polar surface area (TPSA) is 6.48 Å². The van der Waals surface area contributed by atoms with E-state index in [-0.39, 0.29) is 0 Å². The fourth-order valence-corrected chi connectivity index (χ4v) is 6.19. The van der Waals surface area contributed by atoms with Gasteiger partial charge in [0, 0.05) is 25.5 Å². The smallest absolute Gasteiger partial charge is 0.101 e. The van der Waals surface area contributed by atoms with Crippen molar-refractivity contribution in [2.24, 2.45) is 0 Å². The molecular weight excluding hydrogens is 460 g/mol. The SMILES string of the molecule is CCCCCCCCCCCCN1C=CN(CCCCCCCCCCCC)C1CCCCCCCCC. The third kappa shape index (κ3) is 20.3. The van der Waals surface area contributed by atoms with Crippen LogP contribution in [0.1, 0.15) is 201 Å². The molecule has 0 aliphatic carbocycles. The lowest BCUT2D eigenvalue weighted by atomic mass is 10.1. The molecule has 0 aromatic heterocycles. The van der Waals surface area contributed by atoms with Crippen molar-refractivity contribution in [3.63, 3.8) is 0 Å². The summed E-state index contributed by atoms with van der Waals surface area (Å²) < 4.78 is 0. The van der Waals surface area contributed by atoms with Gasteiger partial charge in [-0.25, -0.2) is 0 Å². The maximum atomic E-state index is 2.71. The fourth-order valence-electron chi connectivity index (χ4n) is 6.19. The normalized spacial score (nSPS) is 13.9. The van der Waals surface area contributed by atoms with E-state index in [1.165, 1.54) is 193 Å². The number of nitrogens with zero attached hydrogens (tertiary/aromatic N) is 2. The summed E-state index contributed by atoms with van der Waals surface area (Å²) in [6.45, 7) is 9.48. The molecule has 0 fully saturated rings. The van der Waals surface area contributed by atoms with E-state index in [2.05, 4.69) is 43.0 Å². The molecule has 0 spiro atoms. The van der Waals surface area contributed by atoms with Crippen LogP contribution in [0.15, 0.2) is 12.4 Å². The molecule has 1 heterocycles. The van der Waals surface area contributed by atoms with Crippen LogP contribution in [0, 0.1) is 0 Å². The lowest BCUT2D eigenvalue weighted by Crippen LogP contribution is -2.39. The summed E-state index contributed by atoms with van der Waals surface area (Å²) in [5.74, 6) is 0. The molecule has 1 aliphatic rings. The van der Waals surface area contributed by atoms with Crippen molar-refractivity contribution in [2.45, 2.75) is 207 Å². The maximum Gasteiger partial charge on any atom is 0.101 e. The number of hydrogen-bond donors (Lipinski definition) is 0. The van der Waals surface area contributed by atoms with Gasteiger partial charge in [0.1, 0.15) is 6.17 Å². The Balaban J connectivity index is 2.23. The minimum atomic E-state index is 0.641. The molecule has 2 nitrogen and oxygen atoms in total. The van der Waals surface area contributed by atoms with E-state index in [0.29, 0.717) is 6.17 Å². The van der Waals surface area contributed by atoms with Gasteiger partial charge in [-0.3, -0.25) is 0 Å². The summed E-state index contributed by atoms with van der Waals surface area (Å²) in [6, 6.07) is 0. The third-order valence-electron chi connectivity index (χ3n) is 8.82. The quantitative estimate of drug-likeness (QED) is 0.0848. The highest BCUT2D eigenvalue weighted by Crippen LogP contribution is 2.24. The summed E-state index contributed by atoms with van der Waals surface area (Å²) in [5, 5.41) is 0. The van der Waals surface area contributed by atoms with Crippen molar-refractivity contribution >= 4 is 0 Å². The number of hydrogen-bond acceptors (Lipinski definition) is 2. The molecule has 0 aromatic rings. The molecule has 0 saturated heterocycles. The molecule has 0 unspecified atom stereocenters.